The van der Waals surface area contributed by atoms with Crippen molar-refractivity contribution in [3.8, 4) is 5.75 Å². The number of hydrogen-bond acceptors (Lipinski definition) is 4. The Morgan fingerprint density at radius 3 is 2.59 bits per heavy atom. The van der Waals surface area contributed by atoms with E-state index >= 15 is 0 Å². The minimum atomic E-state index is -0.442. The number of hydrogen-bond donors (Lipinski definition) is 1. The van der Waals surface area contributed by atoms with Crippen LogP contribution in [0.25, 0.3) is 0 Å². The number of benzene rings is 1. The molecule has 2 aliphatic heterocycles. The smallest absolute Gasteiger partial charge is 0.127 e. The van der Waals surface area contributed by atoms with Gasteiger partial charge < -0.3 is 14.7 Å². The lowest BCUT2D eigenvalue weighted by molar-refractivity contribution is -0.0178. The molecule has 1 fully saturated rings. The van der Waals surface area contributed by atoms with Crippen LogP contribution in [0.4, 0.5) is 0 Å². The SMILES string of the molecule is CCN1CCN(C2c3cccc(C(C)C)c3OCC2O)CC1. The van der Waals surface area contributed by atoms with Crippen molar-refractivity contribution in [1.82, 2.24) is 9.80 Å². The second kappa shape index (κ2) is 6.57. The van der Waals surface area contributed by atoms with Gasteiger partial charge in [-0.1, -0.05) is 39.0 Å². The topological polar surface area (TPSA) is 35.9 Å². The number of aliphatic hydroxyl groups excluding tert-OH is 1. The van der Waals surface area contributed by atoms with Gasteiger partial charge in [-0.05, 0) is 18.0 Å². The molecule has 1 aromatic carbocycles. The zero-order valence-corrected chi connectivity index (χ0v) is 14.0. The lowest BCUT2D eigenvalue weighted by atomic mass is 9.90. The quantitative estimate of drug-likeness (QED) is 0.929. The average molecular weight is 304 g/mol. The number of aliphatic hydroxyl groups is 1. The van der Waals surface area contributed by atoms with Crippen LogP contribution in [0.1, 0.15) is 43.9 Å². The molecule has 1 saturated heterocycles. The van der Waals surface area contributed by atoms with Crippen LogP contribution < -0.4 is 4.74 Å². The van der Waals surface area contributed by atoms with Crippen molar-refractivity contribution in [2.45, 2.75) is 38.8 Å². The maximum atomic E-state index is 10.5. The Kier molecular flexibility index (Phi) is 4.71. The first-order valence-electron chi connectivity index (χ1n) is 8.52. The van der Waals surface area contributed by atoms with E-state index in [4.69, 9.17) is 4.74 Å². The van der Waals surface area contributed by atoms with Gasteiger partial charge in [0.25, 0.3) is 0 Å². The van der Waals surface area contributed by atoms with Crippen LogP contribution in [-0.2, 0) is 0 Å². The predicted octanol–water partition coefficient (Wildman–Crippen LogP) is 2.24. The number of piperazine rings is 1. The van der Waals surface area contributed by atoms with Crippen LogP contribution in [0.2, 0.25) is 0 Å². The van der Waals surface area contributed by atoms with Gasteiger partial charge in [0.1, 0.15) is 18.5 Å². The van der Waals surface area contributed by atoms with Crippen LogP contribution in [-0.4, -0.2) is 60.3 Å². The number of nitrogens with zero attached hydrogens (tertiary/aromatic N) is 2. The zero-order chi connectivity index (χ0) is 15.7. The number of para-hydroxylation sites is 1. The maximum Gasteiger partial charge on any atom is 0.127 e. The fourth-order valence-electron chi connectivity index (χ4n) is 3.69. The van der Waals surface area contributed by atoms with Crippen molar-refractivity contribution in [2.75, 3.05) is 39.3 Å². The molecule has 0 aromatic heterocycles. The molecule has 3 rings (SSSR count). The van der Waals surface area contributed by atoms with Crippen molar-refractivity contribution in [3.63, 3.8) is 0 Å². The zero-order valence-electron chi connectivity index (χ0n) is 14.0. The molecular formula is C18H28N2O2. The molecule has 1 aromatic rings. The van der Waals surface area contributed by atoms with E-state index in [0.717, 1.165) is 44.0 Å². The highest BCUT2D eigenvalue weighted by Gasteiger charge is 2.36. The molecule has 4 heteroatoms. The Bertz CT molecular complexity index is 510. The molecule has 0 radical (unpaired) electrons. The van der Waals surface area contributed by atoms with Gasteiger partial charge in [-0.3, -0.25) is 4.90 Å². The largest absolute Gasteiger partial charge is 0.490 e. The molecule has 22 heavy (non-hydrogen) atoms. The Morgan fingerprint density at radius 1 is 1.23 bits per heavy atom. The summed E-state index contributed by atoms with van der Waals surface area (Å²) in [6.07, 6.45) is -0.442. The van der Waals surface area contributed by atoms with E-state index in [1.54, 1.807) is 0 Å². The number of rotatable bonds is 3. The minimum absolute atomic E-state index is 0.0708. The summed E-state index contributed by atoms with van der Waals surface area (Å²) in [5.74, 6) is 1.44. The third-order valence-corrected chi connectivity index (χ3v) is 5.03. The van der Waals surface area contributed by atoms with Crippen LogP contribution in [0.5, 0.6) is 5.75 Å². The predicted molar refractivity (Wildman–Crippen MR) is 88.5 cm³/mol. The Hall–Kier alpha value is -1.10. The second-order valence-electron chi connectivity index (χ2n) is 6.71. The molecule has 0 spiro atoms. The molecule has 0 saturated carbocycles. The standard InChI is InChI=1S/C18H28N2O2/c1-4-19-8-10-20(11-9-19)17-15-7-5-6-14(13(2)3)18(15)22-12-16(17)21/h5-7,13,16-17,21H,4,8-12H2,1-3H3. The fraction of sp³-hybridized carbons (Fsp3) is 0.667. The summed E-state index contributed by atoms with van der Waals surface area (Å²) < 4.78 is 5.90. The Balaban J connectivity index is 1.88. The lowest BCUT2D eigenvalue weighted by Gasteiger charge is -2.43. The van der Waals surface area contributed by atoms with E-state index in [0.29, 0.717) is 12.5 Å². The summed E-state index contributed by atoms with van der Waals surface area (Å²) in [5.41, 5.74) is 2.41. The average Bonchev–Trinajstić information content (AvgIpc) is 2.54. The molecular weight excluding hydrogens is 276 g/mol. The highest BCUT2D eigenvalue weighted by molar-refractivity contribution is 5.46. The fourth-order valence-corrected chi connectivity index (χ4v) is 3.69. The monoisotopic (exact) mass is 304 g/mol. The van der Waals surface area contributed by atoms with Crippen molar-refractivity contribution in [1.29, 1.82) is 0 Å². The summed E-state index contributed by atoms with van der Waals surface area (Å²) in [5, 5.41) is 10.5. The maximum absolute atomic E-state index is 10.5. The molecule has 2 heterocycles. The summed E-state index contributed by atoms with van der Waals surface area (Å²) in [4.78, 5) is 4.90. The highest BCUT2D eigenvalue weighted by atomic mass is 16.5. The van der Waals surface area contributed by atoms with Gasteiger partial charge in [0.2, 0.25) is 0 Å². The normalized spacial score (nSPS) is 26.8. The van der Waals surface area contributed by atoms with E-state index < -0.39 is 6.10 Å². The molecule has 2 aliphatic rings. The first kappa shape index (κ1) is 15.8. The van der Waals surface area contributed by atoms with Crippen LogP contribution >= 0.6 is 0 Å². The lowest BCUT2D eigenvalue weighted by Crippen LogP contribution is -2.51. The number of ether oxygens (including phenoxy) is 1. The van der Waals surface area contributed by atoms with E-state index in [2.05, 4.69) is 48.8 Å². The second-order valence-corrected chi connectivity index (χ2v) is 6.71. The third-order valence-electron chi connectivity index (χ3n) is 5.03. The summed E-state index contributed by atoms with van der Waals surface area (Å²) in [6, 6.07) is 6.44. The van der Waals surface area contributed by atoms with Crippen molar-refractivity contribution in [2.24, 2.45) is 0 Å². The van der Waals surface area contributed by atoms with Gasteiger partial charge >= 0.3 is 0 Å². The summed E-state index contributed by atoms with van der Waals surface area (Å²) in [7, 11) is 0. The van der Waals surface area contributed by atoms with Gasteiger partial charge in [0.05, 0.1) is 6.04 Å². The number of fused-ring (bicyclic) bond motifs is 1. The van der Waals surface area contributed by atoms with Gasteiger partial charge in [-0.15, -0.1) is 0 Å². The van der Waals surface area contributed by atoms with Gasteiger partial charge in [0, 0.05) is 31.7 Å². The van der Waals surface area contributed by atoms with E-state index in [1.807, 2.05) is 0 Å². The van der Waals surface area contributed by atoms with Gasteiger partial charge in [-0.2, -0.15) is 0 Å². The first-order chi connectivity index (χ1) is 10.6. The highest BCUT2D eigenvalue weighted by Crippen LogP contribution is 2.41. The first-order valence-corrected chi connectivity index (χ1v) is 8.52. The van der Waals surface area contributed by atoms with Crippen LogP contribution in [0, 0.1) is 0 Å². The van der Waals surface area contributed by atoms with Crippen LogP contribution in [0.15, 0.2) is 18.2 Å². The molecule has 2 atom stereocenters. The molecule has 1 N–H and O–H groups in total. The van der Waals surface area contributed by atoms with E-state index in [1.165, 1.54) is 5.56 Å². The number of likely N-dealkylation sites (N-methyl/N-ethyl adjacent to an activating group) is 1. The summed E-state index contributed by atoms with van der Waals surface area (Å²) >= 11 is 0. The van der Waals surface area contributed by atoms with Crippen molar-refractivity contribution >= 4 is 0 Å². The van der Waals surface area contributed by atoms with Gasteiger partial charge in [0.15, 0.2) is 0 Å². The minimum Gasteiger partial charge on any atom is -0.490 e. The Labute approximate surface area is 133 Å². The molecule has 2 unspecified atom stereocenters. The molecule has 4 nitrogen and oxygen atoms in total. The van der Waals surface area contributed by atoms with Crippen molar-refractivity contribution < 1.29 is 9.84 Å². The Morgan fingerprint density at radius 2 is 1.95 bits per heavy atom. The van der Waals surface area contributed by atoms with Crippen molar-refractivity contribution in [3.05, 3.63) is 29.3 Å². The molecule has 0 amide bonds. The third kappa shape index (κ3) is 2.87. The van der Waals surface area contributed by atoms with Gasteiger partial charge in [-0.25, -0.2) is 0 Å². The van der Waals surface area contributed by atoms with E-state index in [9.17, 15) is 5.11 Å². The van der Waals surface area contributed by atoms with Crippen LogP contribution in [0.3, 0.4) is 0 Å². The molecule has 122 valence electrons. The summed E-state index contributed by atoms with van der Waals surface area (Å²) in [6.45, 7) is 12.3. The molecule has 0 bridgehead atoms. The van der Waals surface area contributed by atoms with E-state index in [-0.39, 0.29) is 6.04 Å². The molecule has 0 aliphatic carbocycles.